The summed E-state index contributed by atoms with van der Waals surface area (Å²) < 4.78 is 2.43. The van der Waals surface area contributed by atoms with Gasteiger partial charge in [0.2, 0.25) is 0 Å². The van der Waals surface area contributed by atoms with Crippen LogP contribution in [0.2, 0.25) is 5.02 Å². The molecular formula is C13H13BrClN3O. The Morgan fingerprint density at radius 1 is 1.42 bits per heavy atom. The highest BCUT2D eigenvalue weighted by atomic mass is 79.9. The Hall–Kier alpha value is -1.33. The first-order valence-corrected chi connectivity index (χ1v) is 6.84. The molecule has 1 aromatic carbocycles. The zero-order valence-electron chi connectivity index (χ0n) is 10.8. The highest BCUT2D eigenvalue weighted by molar-refractivity contribution is 9.10. The smallest absolute Gasteiger partial charge is 0.257 e. The van der Waals surface area contributed by atoms with E-state index in [9.17, 15) is 4.79 Å². The molecule has 2 rings (SSSR count). The van der Waals surface area contributed by atoms with E-state index in [1.54, 1.807) is 22.9 Å². The predicted octanol–water partition coefficient (Wildman–Crippen LogP) is 3.71. The summed E-state index contributed by atoms with van der Waals surface area (Å²) in [6, 6.07) is 5.25. The molecule has 4 nitrogen and oxygen atoms in total. The number of carbonyl (C=O) groups is 1. The molecule has 1 heterocycles. The first-order valence-electron chi connectivity index (χ1n) is 5.67. The molecule has 0 saturated heterocycles. The Kier molecular flexibility index (Phi) is 3.96. The number of aryl methyl sites for hydroxylation is 2. The van der Waals surface area contributed by atoms with Gasteiger partial charge in [0.1, 0.15) is 0 Å². The molecule has 0 fully saturated rings. The van der Waals surface area contributed by atoms with Gasteiger partial charge in [-0.3, -0.25) is 9.48 Å². The third-order valence-corrected chi connectivity index (χ3v) is 4.24. The van der Waals surface area contributed by atoms with Crippen molar-refractivity contribution >= 4 is 39.1 Å². The molecule has 0 saturated carbocycles. The van der Waals surface area contributed by atoms with Crippen molar-refractivity contribution in [2.24, 2.45) is 7.05 Å². The van der Waals surface area contributed by atoms with Crippen LogP contribution in [-0.2, 0) is 7.05 Å². The van der Waals surface area contributed by atoms with Crippen LogP contribution in [0.3, 0.4) is 0 Å². The molecule has 1 N–H and O–H groups in total. The molecule has 19 heavy (non-hydrogen) atoms. The minimum absolute atomic E-state index is 0.245. The maximum absolute atomic E-state index is 12.2. The van der Waals surface area contributed by atoms with E-state index in [1.807, 2.05) is 20.9 Å². The summed E-state index contributed by atoms with van der Waals surface area (Å²) in [4.78, 5) is 12.2. The number of nitrogens with one attached hydrogen (secondary N) is 1. The van der Waals surface area contributed by atoms with Crippen molar-refractivity contribution in [2.75, 3.05) is 5.32 Å². The lowest BCUT2D eigenvalue weighted by atomic mass is 10.2. The topological polar surface area (TPSA) is 46.9 Å². The number of rotatable bonds is 2. The predicted molar refractivity (Wildman–Crippen MR) is 79.8 cm³/mol. The lowest BCUT2D eigenvalue weighted by molar-refractivity contribution is 0.102. The van der Waals surface area contributed by atoms with Gasteiger partial charge in [0.05, 0.1) is 27.7 Å². The molecule has 0 aliphatic carbocycles. The molecule has 0 unspecified atom stereocenters. The quantitative estimate of drug-likeness (QED) is 0.904. The number of hydrogen-bond donors (Lipinski definition) is 1. The lowest BCUT2D eigenvalue weighted by Crippen LogP contribution is -2.13. The first kappa shape index (κ1) is 14.1. The molecule has 0 aliphatic rings. The van der Waals surface area contributed by atoms with Gasteiger partial charge >= 0.3 is 0 Å². The number of aromatic nitrogens is 2. The summed E-state index contributed by atoms with van der Waals surface area (Å²) in [5.74, 6) is -0.245. The number of amides is 1. The largest absolute Gasteiger partial charge is 0.319 e. The van der Waals surface area contributed by atoms with E-state index in [4.69, 9.17) is 11.6 Å². The van der Waals surface area contributed by atoms with Gasteiger partial charge in [-0.1, -0.05) is 17.7 Å². The van der Waals surface area contributed by atoms with Crippen molar-refractivity contribution in [3.8, 4) is 0 Å². The molecule has 2 aromatic rings. The van der Waals surface area contributed by atoms with Gasteiger partial charge in [0.15, 0.2) is 0 Å². The molecule has 100 valence electrons. The van der Waals surface area contributed by atoms with Crippen LogP contribution in [0.1, 0.15) is 21.7 Å². The molecule has 0 bridgehead atoms. The zero-order chi connectivity index (χ0) is 14.2. The second-order valence-electron chi connectivity index (χ2n) is 4.22. The van der Waals surface area contributed by atoms with Gasteiger partial charge in [-0.2, -0.15) is 5.10 Å². The molecule has 0 spiro atoms. The maximum Gasteiger partial charge on any atom is 0.257 e. The molecule has 0 aliphatic heterocycles. The Balaban J connectivity index is 2.34. The molecule has 1 amide bonds. The summed E-state index contributed by atoms with van der Waals surface area (Å²) in [6.07, 6.45) is 0. The van der Waals surface area contributed by atoms with Crippen LogP contribution < -0.4 is 5.32 Å². The molecular weight excluding hydrogens is 330 g/mol. The van der Waals surface area contributed by atoms with E-state index in [0.717, 1.165) is 17.1 Å². The average molecular weight is 343 g/mol. The summed E-state index contributed by atoms with van der Waals surface area (Å²) in [7, 11) is 1.84. The van der Waals surface area contributed by atoms with E-state index in [1.165, 1.54) is 0 Å². The third kappa shape index (κ3) is 2.67. The van der Waals surface area contributed by atoms with Gasteiger partial charge in [-0.15, -0.1) is 0 Å². The van der Waals surface area contributed by atoms with Crippen molar-refractivity contribution in [3.05, 3.63) is 44.6 Å². The standard InChI is InChI=1S/C13H13BrClN3O/c1-7-12(8(2)18(3)17-7)16-13(19)9-5-4-6-10(14)11(9)15/h4-6H,1-3H3,(H,16,19). The fraction of sp³-hybridized carbons (Fsp3) is 0.231. The summed E-state index contributed by atoms with van der Waals surface area (Å²) in [6.45, 7) is 3.75. The van der Waals surface area contributed by atoms with E-state index in [2.05, 4.69) is 26.3 Å². The highest BCUT2D eigenvalue weighted by Crippen LogP contribution is 2.27. The monoisotopic (exact) mass is 341 g/mol. The van der Waals surface area contributed by atoms with Crippen molar-refractivity contribution in [3.63, 3.8) is 0 Å². The Morgan fingerprint density at radius 3 is 2.68 bits per heavy atom. The second kappa shape index (κ2) is 5.35. The van der Waals surface area contributed by atoms with Crippen LogP contribution in [0.25, 0.3) is 0 Å². The van der Waals surface area contributed by atoms with Crippen molar-refractivity contribution < 1.29 is 4.79 Å². The van der Waals surface area contributed by atoms with Crippen LogP contribution in [0, 0.1) is 13.8 Å². The van der Waals surface area contributed by atoms with Crippen LogP contribution in [0.15, 0.2) is 22.7 Å². The second-order valence-corrected chi connectivity index (χ2v) is 5.46. The minimum atomic E-state index is -0.245. The third-order valence-electron chi connectivity index (χ3n) is 2.94. The van der Waals surface area contributed by atoms with Gasteiger partial charge in [0, 0.05) is 11.5 Å². The maximum atomic E-state index is 12.2. The summed E-state index contributed by atoms with van der Waals surface area (Å²) in [5.41, 5.74) is 2.83. The number of nitrogens with zero attached hydrogens (tertiary/aromatic N) is 2. The van der Waals surface area contributed by atoms with Crippen LogP contribution in [0.5, 0.6) is 0 Å². The van der Waals surface area contributed by atoms with Crippen LogP contribution in [-0.4, -0.2) is 15.7 Å². The number of carbonyl (C=O) groups excluding carboxylic acids is 1. The molecule has 1 aromatic heterocycles. The van der Waals surface area contributed by atoms with Crippen LogP contribution in [0.4, 0.5) is 5.69 Å². The van der Waals surface area contributed by atoms with Crippen molar-refractivity contribution in [2.45, 2.75) is 13.8 Å². The van der Waals surface area contributed by atoms with Crippen LogP contribution >= 0.6 is 27.5 Å². The van der Waals surface area contributed by atoms with E-state index in [0.29, 0.717) is 15.1 Å². The highest BCUT2D eigenvalue weighted by Gasteiger charge is 2.16. The van der Waals surface area contributed by atoms with Gasteiger partial charge in [-0.05, 0) is 41.9 Å². The average Bonchev–Trinajstić information content (AvgIpc) is 2.59. The SMILES string of the molecule is Cc1nn(C)c(C)c1NC(=O)c1cccc(Br)c1Cl. The first-order chi connectivity index (χ1) is 8.91. The summed E-state index contributed by atoms with van der Waals surface area (Å²) >= 11 is 9.41. The number of benzene rings is 1. The fourth-order valence-corrected chi connectivity index (χ4v) is 2.39. The van der Waals surface area contributed by atoms with Crippen molar-refractivity contribution in [1.82, 2.24) is 9.78 Å². The fourth-order valence-electron chi connectivity index (χ4n) is 1.81. The molecule has 0 radical (unpaired) electrons. The number of halogens is 2. The van der Waals surface area contributed by atoms with E-state index < -0.39 is 0 Å². The Bertz CT molecular complexity index is 652. The minimum Gasteiger partial charge on any atom is -0.319 e. The molecule has 0 atom stereocenters. The zero-order valence-corrected chi connectivity index (χ0v) is 13.1. The number of hydrogen-bond acceptors (Lipinski definition) is 2. The normalized spacial score (nSPS) is 10.6. The Morgan fingerprint density at radius 2 is 2.11 bits per heavy atom. The summed E-state index contributed by atoms with van der Waals surface area (Å²) in [5, 5.41) is 7.52. The van der Waals surface area contributed by atoms with E-state index in [-0.39, 0.29) is 5.91 Å². The molecule has 6 heteroatoms. The Labute approximate surface area is 124 Å². The van der Waals surface area contributed by atoms with E-state index >= 15 is 0 Å². The van der Waals surface area contributed by atoms with Crippen molar-refractivity contribution in [1.29, 1.82) is 0 Å². The number of anilines is 1. The van der Waals surface area contributed by atoms with Gasteiger partial charge in [0.25, 0.3) is 5.91 Å². The van der Waals surface area contributed by atoms with Gasteiger partial charge in [-0.25, -0.2) is 0 Å². The van der Waals surface area contributed by atoms with Gasteiger partial charge < -0.3 is 5.32 Å². The lowest BCUT2D eigenvalue weighted by Gasteiger charge is -2.08.